The molecule has 0 amide bonds. The van der Waals surface area contributed by atoms with Gasteiger partial charge < -0.3 is 10.4 Å². The number of phenolic OH excluding ortho intramolecular Hbond substituents is 1. The zero-order valence-corrected chi connectivity index (χ0v) is 9.25. The van der Waals surface area contributed by atoms with Gasteiger partial charge in [0.05, 0.1) is 5.69 Å². The highest BCUT2D eigenvalue weighted by atomic mass is 19.1. The van der Waals surface area contributed by atoms with E-state index >= 15 is 0 Å². The monoisotopic (exact) mass is 253 g/mol. The minimum Gasteiger partial charge on any atom is -0.508 e. The first kappa shape index (κ1) is 12.3. The van der Waals surface area contributed by atoms with Gasteiger partial charge in [-0.2, -0.15) is 0 Å². The van der Waals surface area contributed by atoms with Gasteiger partial charge in [0, 0.05) is 12.6 Å². The molecule has 2 N–H and O–H groups in total. The molecular weight excluding hydrogens is 243 g/mol. The van der Waals surface area contributed by atoms with E-state index in [0.717, 1.165) is 24.3 Å². The lowest BCUT2D eigenvalue weighted by Crippen LogP contribution is -2.02. The summed E-state index contributed by atoms with van der Waals surface area (Å²) in [5.41, 5.74) is 0.412. The van der Waals surface area contributed by atoms with Crippen molar-refractivity contribution in [2.24, 2.45) is 0 Å². The third-order valence-electron chi connectivity index (χ3n) is 2.35. The molecule has 0 unspecified atom stereocenters. The maximum Gasteiger partial charge on any atom is 0.146 e. The number of halogens is 3. The van der Waals surface area contributed by atoms with E-state index in [0.29, 0.717) is 5.56 Å². The molecule has 0 saturated carbocycles. The number of aromatic hydroxyl groups is 1. The number of hydrogen-bond donors (Lipinski definition) is 2. The van der Waals surface area contributed by atoms with Crippen molar-refractivity contribution in [3.05, 3.63) is 59.4 Å². The zero-order valence-electron chi connectivity index (χ0n) is 9.25. The fourth-order valence-electron chi connectivity index (χ4n) is 1.57. The first-order chi connectivity index (χ1) is 8.54. The smallest absolute Gasteiger partial charge is 0.146 e. The third-order valence-corrected chi connectivity index (χ3v) is 2.35. The first-order valence-corrected chi connectivity index (χ1v) is 5.22. The highest BCUT2D eigenvalue weighted by molar-refractivity contribution is 5.45. The Morgan fingerprint density at radius 2 is 1.72 bits per heavy atom. The molecular formula is C13H10F3NO. The minimum absolute atomic E-state index is 0.0150. The first-order valence-electron chi connectivity index (χ1n) is 5.22. The molecule has 5 heteroatoms. The average molecular weight is 253 g/mol. The van der Waals surface area contributed by atoms with E-state index in [9.17, 15) is 18.3 Å². The van der Waals surface area contributed by atoms with Crippen LogP contribution in [0.25, 0.3) is 0 Å². The van der Waals surface area contributed by atoms with E-state index in [4.69, 9.17) is 0 Å². The van der Waals surface area contributed by atoms with Gasteiger partial charge in [0.15, 0.2) is 0 Å². The topological polar surface area (TPSA) is 32.3 Å². The quantitative estimate of drug-likeness (QED) is 0.878. The van der Waals surface area contributed by atoms with Crippen LogP contribution in [0.1, 0.15) is 5.56 Å². The molecule has 94 valence electrons. The van der Waals surface area contributed by atoms with Crippen molar-refractivity contribution in [1.29, 1.82) is 0 Å². The van der Waals surface area contributed by atoms with Gasteiger partial charge in [-0.1, -0.05) is 0 Å². The van der Waals surface area contributed by atoms with Crippen LogP contribution in [0.5, 0.6) is 5.75 Å². The fraction of sp³-hybridized carbons (Fsp3) is 0.0769. The van der Waals surface area contributed by atoms with Gasteiger partial charge in [-0.05, 0) is 35.9 Å². The second kappa shape index (κ2) is 5.00. The Hall–Kier alpha value is -2.17. The summed E-state index contributed by atoms with van der Waals surface area (Å²) >= 11 is 0. The molecule has 0 atom stereocenters. The molecule has 0 aliphatic carbocycles. The van der Waals surface area contributed by atoms with Crippen molar-refractivity contribution >= 4 is 5.69 Å². The minimum atomic E-state index is -0.600. The summed E-state index contributed by atoms with van der Waals surface area (Å²) in [4.78, 5) is 0. The third kappa shape index (κ3) is 2.94. The summed E-state index contributed by atoms with van der Waals surface area (Å²) < 4.78 is 39.1. The molecule has 0 bridgehead atoms. The van der Waals surface area contributed by atoms with Gasteiger partial charge in [0.2, 0.25) is 0 Å². The summed E-state index contributed by atoms with van der Waals surface area (Å²) in [5.74, 6) is -1.98. The normalized spacial score (nSPS) is 10.4. The van der Waals surface area contributed by atoms with Gasteiger partial charge in [-0.25, -0.2) is 13.2 Å². The van der Waals surface area contributed by atoms with Gasteiger partial charge in [-0.3, -0.25) is 0 Å². The SMILES string of the molecule is Oc1cc(F)cc(CNc2cc(F)ccc2F)c1. The van der Waals surface area contributed by atoms with Gasteiger partial charge in [0.25, 0.3) is 0 Å². The molecule has 0 aliphatic rings. The summed E-state index contributed by atoms with van der Waals surface area (Å²) in [6, 6.07) is 6.52. The van der Waals surface area contributed by atoms with E-state index in [2.05, 4.69) is 5.32 Å². The second-order valence-corrected chi connectivity index (χ2v) is 3.80. The Morgan fingerprint density at radius 1 is 0.944 bits per heavy atom. The second-order valence-electron chi connectivity index (χ2n) is 3.80. The van der Waals surface area contributed by atoms with Crippen molar-refractivity contribution < 1.29 is 18.3 Å². The Balaban J connectivity index is 2.13. The maximum absolute atomic E-state index is 13.3. The van der Waals surface area contributed by atoms with Crippen LogP contribution in [-0.4, -0.2) is 5.11 Å². The van der Waals surface area contributed by atoms with Crippen molar-refractivity contribution in [2.75, 3.05) is 5.32 Å². The fourth-order valence-corrected chi connectivity index (χ4v) is 1.57. The molecule has 2 aromatic carbocycles. The van der Waals surface area contributed by atoms with Crippen molar-refractivity contribution in [1.82, 2.24) is 0 Å². The Morgan fingerprint density at radius 3 is 2.44 bits per heavy atom. The molecule has 2 rings (SSSR count). The summed E-state index contributed by atoms with van der Waals surface area (Å²) in [6.45, 7) is 0.0751. The molecule has 2 aromatic rings. The van der Waals surface area contributed by atoms with Crippen LogP contribution >= 0.6 is 0 Å². The largest absolute Gasteiger partial charge is 0.508 e. The van der Waals surface area contributed by atoms with Crippen LogP contribution in [0.15, 0.2) is 36.4 Å². The van der Waals surface area contributed by atoms with Crippen molar-refractivity contribution in [2.45, 2.75) is 6.54 Å². The van der Waals surface area contributed by atoms with Crippen LogP contribution in [0, 0.1) is 17.5 Å². The average Bonchev–Trinajstić information content (AvgIpc) is 2.29. The Bertz CT molecular complexity index is 552. The van der Waals surface area contributed by atoms with E-state index < -0.39 is 17.5 Å². The summed E-state index contributed by atoms with van der Waals surface area (Å²) in [6.07, 6.45) is 0. The van der Waals surface area contributed by atoms with Crippen LogP contribution in [0.4, 0.5) is 18.9 Å². The van der Waals surface area contributed by atoms with Gasteiger partial charge in [0.1, 0.15) is 23.2 Å². The molecule has 0 aromatic heterocycles. The predicted octanol–water partition coefficient (Wildman–Crippen LogP) is 3.42. The van der Waals surface area contributed by atoms with Crippen LogP contribution in [0.3, 0.4) is 0 Å². The molecule has 18 heavy (non-hydrogen) atoms. The van der Waals surface area contributed by atoms with Gasteiger partial charge in [-0.15, -0.1) is 0 Å². The van der Waals surface area contributed by atoms with Crippen LogP contribution in [0.2, 0.25) is 0 Å². The Kier molecular flexibility index (Phi) is 3.41. The number of anilines is 1. The number of benzene rings is 2. The maximum atomic E-state index is 13.3. The number of hydrogen-bond acceptors (Lipinski definition) is 2. The number of phenols is 1. The standard InChI is InChI=1S/C13H10F3NO/c14-9-1-2-12(16)13(6-9)17-7-8-3-10(15)5-11(18)4-8/h1-6,17-18H,7H2. The molecule has 0 aliphatic heterocycles. The molecule has 0 radical (unpaired) electrons. The molecule has 0 fully saturated rings. The molecule has 2 nitrogen and oxygen atoms in total. The summed E-state index contributed by atoms with van der Waals surface area (Å²) in [7, 11) is 0. The van der Waals surface area contributed by atoms with E-state index in [1.54, 1.807) is 0 Å². The summed E-state index contributed by atoms with van der Waals surface area (Å²) in [5, 5.41) is 11.8. The molecule has 0 spiro atoms. The van der Waals surface area contributed by atoms with Crippen molar-refractivity contribution in [3.63, 3.8) is 0 Å². The van der Waals surface area contributed by atoms with E-state index in [-0.39, 0.29) is 18.0 Å². The highest BCUT2D eigenvalue weighted by Gasteiger charge is 2.04. The molecule has 0 heterocycles. The number of rotatable bonds is 3. The Labute approximate surface area is 102 Å². The lowest BCUT2D eigenvalue weighted by molar-refractivity contribution is 0.468. The predicted molar refractivity (Wildman–Crippen MR) is 61.7 cm³/mol. The zero-order chi connectivity index (χ0) is 13.1. The number of nitrogens with one attached hydrogen (secondary N) is 1. The van der Waals surface area contributed by atoms with E-state index in [1.807, 2.05) is 0 Å². The van der Waals surface area contributed by atoms with Crippen molar-refractivity contribution in [3.8, 4) is 5.75 Å². The lowest BCUT2D eigenvalue weighted by Gasteiger charge is -2.08. The molecule has 0 saturated heterocycles. The van der Waals surface area contributed by atoms with Crippen LogP contribution in [-0.2, 0) is 6.54 Å². The highest BCUT2D eigenvalue weighted by Crippen LogP contribution is 2.18. The van der Waals surface area contributed by atoms with Crippen LogP contribution < -0.4 is 5.32 Å². The lowest BCUT2D eigenvalue weighted by atomic mass is 10.2. The van der Waals surface area contributed by atoms with Gasteiger partial charge >= 0.3 is 0 Å². The van der Waals surface area contributed by atoms with E-state index in [1.165, 1.54) is 12.1 Å².